The Kier molecular flexibility index (Phi) is 5.41. The monoisotopic (exact) mass is 561 g/mol. The number of aryl methyl sites for hydroxylation is 1. The predicted molar refractivity (Wildman–Crippen MR) is 184 cm³/mol. The molecular weight excluding hydrogens is 534 g/mol. The Labute approximate surface area is 254 Å². The lowest BCUT2D eigenvalue weighted by Gasteiger charge is -2.18. The number of nitrogens with zero attached hydrogens (tertiary/aromatic N) is 3. The molecule has 206 valence electrons. The van der Waals surface area contributed by atoms with Crippen LogP contribution in [0.5, 0.6) is 0 Å². The largest absolute Gasteiger partial charge is 0.276 e. The number of fused-ring (bicyclic) bond motifs is 7. The summed E-state index contributed by atoms with van der Waals surface area (Å²) in [7, 11) is 0. The molecule has 9 rings (SSSR count). The first-order valence-electron chi connectivity index (χ1n) is 15.0. The van der Waals surface area contributed by atoms with E-state index in [2.05, 4.69) is 145 Å². The molecule has 7 aromatic carbocycles. The Morgan fingerprint density at radius 2 is 0.955 bits per heavy atom. The van der Waals surface area contributed by atoms with Crippen molar-refractivity contribution >= 4 is 49.1 Å². The third-order valence-electron chi connectivity index (χ3n) is 8.79. The SMILES string of the molecule is Cc1cccc(-c2c3ccccc3c(-c3cccc(-c4nc5ccccc5c5nc6ccccc6n45)c3)c3ccccc23)c1. The molecule has 0 fully saturated rings. The quantitative estimate of drug-likeness (QED) is 0.201. The topological polar surface area (TPSA) is 30.2 Å². The molecule has 3 heteroatoms. The molecule has 9 aromatic rings. The maximum atomic E-state index is 5.24. The summed E-state index contributed by atoms with van der Waals surface area (Å²) in [4.78, 5) is 10.3. The van der Waals surface area contributed by atoms with Gasteiger partial charge >= 0.3 is 0 Å². The Morgan fingerprint density at radius 1 is 0.432 bits per heavy atom. The summed E-state index contributed by atoms with van der Waals surface area (Å²) in [6, 6.07) is 51.9. The predicted octanol–water partition coefficient (Wildman–Crippen LogP) is 10.7. The summed E-state index contributed by atoms with van der Waals surface area (Å²) in [5.74, 6) is 0.888. The van der Waals surface area contributed by atoms with Crippen LogP contribution < -0.4 is 0 Å². The van der Waals surface area contributed by atoms with Crippen molar-refractivity contribution in [2.75, 3.05) is 0 Å². The second-order valence-electron chi connectivity index (χ2n) is 11.5. The zero-order valence-electron chi connectivity index (χ0n) is 24.2. The second kappa shape index (κ2) is 9.62. The number of imidazole rings is 1. The van der Waals surface area contributed by atoms with Gasteiger partial charge in [-0.1, -0.05) is 121 Å². The Hall–Kier alpha value is -5.80. The average molecular weight is 562 g/mol. The van der Waals surface area contributed by atoms with E-state index in [1.807, 2.05) is 12.1 Å². The van der Waals surface area contributed by atoms with Crippen molar-refractivity contribution in [2.24, 2.45) is 0 Å². The molecule has 0 aliphatic carbocycles. The minimum Gasteiger partial charge on any atom is -0.276 e. The van der Waals surface area contributed by atoms with Gasteiger partial charge in [-0.05, 0) is 81.1 Å². The minimum atomic E-state index is 0.888. The molecular formula is C41H27N3. The van der Waals surface area contributed by atoms with Crippen molar-refractivity contribution in [3.05, 3.63) is 151 Å². The van der Waals surface area contributed by atoms with E-state index in [0.29, 0.717) is 0 Å². The first-order chi connectivity index (χ1) is 21.7. The van der Waals surface area contributed by atoms with Crippen LogP contribution >= 0.6 is 0 Å². The first-order valence-corrected chi connectivity index (χ1v) is 15.0. The molecule has 0 amide bonds. The van der Waals surface area contributed by atoms with Gasteiger partial charge in [-0.15, -0.1) is 0 Å². The van der Waals surface area contributed by atoms with Gasteiger partial charge in [0.25, 0.3) is 0 Å². The van der Waals surface area contributed by atoms with E-state index in [1.165, 1.54) is 49.4 Å². The zero-order chi connectivity index (χ0) is 29.2. The van der Waals surface area contributed by atoms with Gasteiger partial charge in [0, 0.05) is 10.9 Å². The highest BCUT2D eigenvalue weighted by molar-refractivity contribution is 6.21. The van der Waals surface area contributed by atoms with Crippen LogP contribution in [0, 0.1) is 6.92 Å². The average Bonchev–Trinajstić information content (AvgIpc) is 3.47. The van der Waals surface area contributed by atoms with Gasteiger partial charge in [0.1, 0.15) is 11.5 Å². The fourth-order valence-corrected chi connectivity index (χ4v) is 6.90. The van der Waals surface area contributed by atoms with E-state index in [0.717, 1.165) is 39.0 Å². The molecule has 0 spiro atoms. The normalized spacial score (nSPS) is 11.8. The summed E-state index contributed by atoms with van der Waals surface area (Å²) in [6.07, 6.45) is 0. The minimum absolute atomic E-state index is 0.888. The van der Waals surface area contributed by atoms with Crippen LogP contribution in [0.1, 0.15) is 5.56 Å². The Bertz CT molecular complexity index is 2520. The Balaban J connectivity index is 1.36. The van der Waals surface area contributed by atoms with Crippen LogP contribution in [0.15, 0.2) is 146 Å². The van der Waals surface area contributed by atoms with Gasteiger partial charge in [0.05, 0.1) is 16.6 Å². The van der Waals surface area contributed by atoms with Gasteiger partial charge in [-0.25, -0.2) is 9.97 Å². The van der Waals surface area contributed by atoms with Crippen molar-refractivity contribution < 1.29 is 0 Å². The molecule has 0 saturated heterocycles. The number of hydrogen-bond acceptors (Lipinski definition) is 2. The van der Waals surface area contributed by atoms with Gasteiger partial charge < -0.3 is 0 Å². The van der Waals surface area contributed by atoms with Gasteiger partial charge in [-0.2, -0.15) is 0 Å². The number of benzene rings is 7. The van der Waals surface area contributed by atoms with Crippen molar-refractivity contribution in [1.82, 2.24) is 14.4 Å². The van der Waals surface area contributed by atoms with Crippen LogP contribution in [-0.2, 0) is 0 Å². The molecule has 0 N–H and O–H groups in total. The van der Waals surface area contributed by atoms with E-state index in [1.54, 1.807) is 0 Å². The highest BCUT2D eigenvalue weighted by Gasteiger charge is 2.19. The number of para-hydroxylation sites is 3. The summed E-state index contributed by atoms with van der Waals surface area (Å²) in [5.41, 5.74) is 11.1. The third kappa shape index (κ3) is 3.69. The van der Waals surface area contributed by atoms with Crippen molar-refractivity contribution in [3.8, 4) is 33.6 Å². The molecule has 0 bridgehead atoms. The molecule has 2 aromatic heterocycles. The molecule has 0 radical (unpaired) electrons. The van der Waals surface area contributed by atoms with Gasteiger partial charge in [0.2, 0.25) is 0 Å². The van der Waals surface area contributed by atoms with E-state index >= 15 is 0 Å². The molecule has 44 heavy (non-hydrogen) atoms. The second-order valence-corrected chi connectivity index (χ2v) is 11.5. The molecule has 0 atom stereocenters. The van der Waals surface area contributed by atoms with E-state index < -0.39 is 0 Å². The maximum absolute atomic E-state index is 5.24. The lowest BCUT2D eigenvalue weighted by atomic mass is 9.85. The fourth-order valence-electron chi connectivity index (χ4n) is 6.90. The van der Waals surface area contributed by atoms with Gasteiger partial charge in [0.15, 0.2) is 0 Å². The fraction of sp³-hybridized carbons (Fsp3) is 0.0244. The highest BCUT2D eigenvalue weighted by atomic mass is 15.1. The van der Waals surface area contributed by atoms with E-state index in [9.17, 15) is 0 Å². The van der Waals surface area contributed by atoms with Crippen LogP contribution in [0.2, 0.25) is 0 Å². The summed E-state index contributed by atoms with van der Waals surface area (Å²) in [6.45, 7) is 2.16. The Morgan fingerprint density at radius 3 is 1.61 bits per heavy atom. The molecule has 3 nitrogen and oxygen atoms in total. The lowest BCUT2D eigenvalue weighted by molar-refractivity contribution is 1.16. The van der Waals surface area contributed by atoms with Crippen LogP contribution in [-0.4, -0.2) is 14.4 Å². The van der Waals surface area contributed by atoms with Crippen LogP contribution in [0.4, 0.5) is 0 Å². The smallest absolute Gasteiger partial charge is 0.149 e. The molecule has 2 heterocycles. The van der Waals surface area contributed by atoms with Crippen molar-refractivity contribution in [2.45, 2.75) is 6.92 Å². The van der Waals surface area contributed by atoms with Crippen LogP contribution in [0.3, 0.4) is 0 Å². The summed E-state index contributed by atoms with van der Waals surface area (Å²) >= 11 is 0. The molecule has 0 aliphatic rings. The molecule has 0 saturated carbocycles. The van der Waals surface area contributed by atoms with E-state index in [4.69, 9.17) is 9.97 Å². The first kappa shape index (κ1) is 24.8. The standard InChI is InChI=1S/C41H27N3/c1-26-12-10-13-27(24-26)38-30-16-2-4-18-32(30)39(33-19-5-3-17-31(33)38)28-14-11-15-29(25-28)40-42-35-21-7-6-20-34(35)41-43-36-22-8-9-23-37(36)44(40)41/h2-25H,1H3. The molecule has 0 unspecified atom stereocenters. The summed E-state index contributed by atoms with van der Waals surface area (Å²) in [5, 5.41) is 6.04. The zero-order valence-corrected chi connectivity index (χ0v) is 24.2. The number of hydrogen-bond donors (Lipinski definition) is 0. The maximum Gasteiger partial charge on any atom is 0.149 e. The van der Waals surface area contributed by atoms with E-state index in [-0.39, 0.29) is 0 Å². The van der Waals surface area contributed by atoms with Gasteiger partial charge in [-0.3, -0.25) is 4.40 Å². The molecule has 0 aliphatic heterocycles. The van der Waals surface area contributed by atoms with Crippen molar-refractivity contribution in [3.63, 3.8) is 0 Å². The number of aromatic nitrogens is 3. The van der Waals surface area contributed by atoms with Crippen molar-refractivity contribution in [1.29, 1.82) is 0 Å². The highest BCUT2D eigenvalue weighted by Crippen LogP contribution is 2.44. The third-order valence-corrected chi connectivity index (χ3v) is 8.79. The lowest BCUT2D eigenvalue weighted by Crippen LogP contribution is -1.98. The van der Waals surface area contributed by atoms with Crippen LogP contribution in [0.25, 0.3) is 82.8 Å². The summed E-state index contributed by atoms with van der Waals surface area (Å²) < 4.78 is 2.22. The number of rotatable bonds is 3.